The minimum Gasteiger partial charge on any atom is -0.479 e. The van der Waals surface area contributed by atoms with Crippen molar-refractivity contribution in [2.75, 3.05) is 7.11 Å². The summed E-state index contributed by atoms with van der Waals surface area (Å²) in [6, 6.07) is 1.59. The molecule has 1 unspecified atom stereocenters. The zero-order valence-corrected chi connectivity index (χ0v) is 9.43. The monoisotopic (exact) mass is 221 g/mol. The molecule has 0 radical (unpaired) electrons. The van der Waals surface area contributed by atoms with Crippen LogP contribution >= 0.6 is 0 Å². The van der Waals surface area contributed by atoms with E-state index in [4.69, 9.17) is 14.9 Å². The summed E-state index contributed by atoms with van der Waals surface area (Å²) in [5, 5.41) is 0. The lowest BCUT2D eigenvalue weighted by atomic mass is 10.2. The first kappa shape index (κ1) is 10.9. The number of oxazole rings is 1. The Morgan fingerprint density at radius 1 is 1.56 bits per heavy atom. The molecule has 2 heterocycles. The topological polar surface area (TPSA) is 74.2 Å². The Balaban J connectivity index is 2.43. The zero-order chi connectivity index (χ0) is 11.5. The van der Waals surface area contributed by atoms with E-state index < -0.39 is 0 Å². The maximum absolute atomic E-state index is 5.94. The van der Waals surface area contributed by atoms with Gasteiger partial charge in [-0.15, -0.1) is 0 Å². The van der Waals surface area contributed by atoms with Crippen LogP contribution in [0.15, 0.2) is 16.7 Å². The number of rotatable bonds is 4. The van der Waals surface area contributed by atoms with E-state index in [0.717, 1.165) is 12.8 Å². The highest BCUT2D eigenvalue weighted by molar-refractivity contribution is 5.77. The van der Waals surface area contributed by atoms with Crippen molar-refractivity contribution in [2.24, 2.45) is 5.73 Å². The van der Waals surface area contributed by atoms with Gasteiger partial charge in [-0.1, -0.05) is 13.3 Å². The molecule has 2 aromatic rings. The molecule has 0 aliphatic carbocycles. The number of pyridine rings is 1. The van der Waals surface area contributed by atoms with Crippen LogP contribution < -0.4 is 10.5 Å². The van der Waals surface area contributed by atoms with Gasteiger partial charge in [-0.3, -0.25) is 0 Å². The average Bonchev–Trinajstić information content (AvgIpc) is 2.72. The van der Waals surface area contributed by atoms with E-state index in [2.05, 4.69) is 16.9 Å². The highest BCUT2D eigenvalue weighted by atomic mass is 16.5. The summed E-state index contributed by atoms with van der Waals surface area (Å²) in [6.45, 7) is 2.07. The first-order valence-corrected chi connectivity index (χ1v) is 5.31. The number of nitrogens with zero attached hydrogens (tertiary/aromatic N) is 2. The second-order valence-corrected chi connectivity index (χ2v) is 3.61. The van der Waals surface area contributed by atoms with Gasteiger partial charge in [0.2, 0.25) is 11.8 Å². The first-order valence-electron chi connectivity index (χ1n) is 5.31. The molecule has 0 aliphatic heterocycles. The van der Waals surface area contributed by atoms with E-state index in [1.54, 1.807) is 19.4 Å². The van der Waals surface area contributed by atoms with Crippen LogP contribution in [0, 0.1) is 0 Å². The van der Waals surface area contributed by atoms with Crippen LogP contribution in [0.1, 0.15) is 31.7 Å². The Morgan fingerprint density at radius 3 is 3.06 bits per heavy atom. The number of aromatic nitrogens is 2. The maximum atomic E-state index is 5.94. The fourth-order valence-electron chi connectivity index (χ4n) is 1.59. The van der Waals surface area contributed by atoms with Crippen LogP contribution in [0.25, 0.3) is 11.1 Å². The van der Waals surface area contributed by atoms with Gasteiger partial charge in [-0.2, -0.15) is 0 Å². The minimum atomic E-state index is -0.165. The number of nitrogens with two attached hydrogens (primary N) is 1. The van der Waals surface area contributed by atoms with Crippen molar-refractivity contribution in [3.05, 3.63) is 18.2 Å². The Bertz CT molecular complexity index is 481. The molecule has 5 nitrogen and oxygen atoms in total. The van der Waals surface area contributed by atoms with Crippen molar-refractivity contribution in [2.45, 2.75) is 25.8 Å². The third-order valence-electron chi connectivity index (χ3n) is 2.40. The van der Waals surface area contributed by atoms with Crippen molar-refractivity contribution in [1.29, 1.82) is 0 Å². The quantitative estimate of drug-likeness (QED) is 0.855. The van der Waals surface area contributed by atoms with Gasteiger partial charge in [-0.25, -0.2) is 9.97 Å². The Morgan fingerprint density at radius 2 is 2.38 bits per heavy atom. The number of methoxy groups -OCH3 is 1. The molecule has 86 valence electrons. The molecule has 5 heteroatoms. The highest BCUT2D eigenvalue weighted by Crippen LogP contribution is 2.26. The van der Waals surface area contributed by atoms with Crippen LogP contribution in [0.3, 0.4) is 0 Å². The third kappa shape index (κ3) is 1.86. The lowest BCUT2D eigenvalue weighted by Crippen LogP contribution is -2.09. The fourth-order valence-corrected chi connectivity index (χ4v) is 1.59. The third-order valence-corrected chi connectivity index (χ3v) is 2.40. The summed E-state index contributed by atoms with van der Waals surface area (Å²) in [5.41, 5.74) is 7.24. The van der Waals surface area contributed by atoms with Gasteiger partial charge >= 0.3 is 0 Å². The predicted molar refractivity (Wildman–Crippen MR) is 60.2 cm³/mol. The van der Waals surface area contributed by atoms with Crippen molar-refractivity contribution in [1.82, 2.24) is 9.97 Å². The minimum absolute atomic E-state index is 0.165. The smallest absolute Gasteiger partial charge is 0.243 e. The lowest BCUT2D eigenvalue weighted by molar-refractivity contribution is 0.402. The van der Waals surface area contributed by atoms with Crippen LogP contribution in [0.2, 0.25) is 0 Å². The predicted octanol–water partition coefficient (Wildman–Crippen LogP) is 2.03. The summed E-state index contributed by atoms with van der Waals surface area (Å²) < 4.78 is 10.7. The number of ether oxygens (including phenoxy) is 1. The molecule has 0 amide bonds. The molecule has 2 rings (SSSR count). The van der Waals surface area contributed by atoms with Gasteiger partial charge in [0.25, 0.3) is 0 Å². The van der Waals surface area contributed by atoms with Gasteiger partial charge in [0.15, 0.2) is 11.1 Å². The molecule has 2 aromatic heterocycles. The van der Waals surface area contributed by atoms with Gasteiger partial charge in [-0.05, 0) is 6.42 Å². The van der Waals surface area contributed by atoms with Gasteiger partial charge in [0, 0.05) is 12.3 Å². The van der Waals surface area contributed by atoms with Crippen LogP contribution in [0.5, 0.6) is 5.88 Å². The van der Waals surface area contributed by atoms with E-state index in [-0.39, 0.29) is 6.04 Å². The summed E-state index contributed by atoms with van der Waals surface area (Å²) in [6.07, 6.45) is 3.47. The van der Waals surface area contributed by atoms with E-state index in [1.807, 2.05) is 0 Å². The van der Waals surface area contributed by atoms with E-state index in [9.17, 15) is 0 Å². The van der Waals surface area contributed by atoms with Crippen molar-refractivity contribution < 1.29 is 9.15 Å². The van der Waals surface area contributed by atoms with Gasteiger partial charge < -0.3 is 14.9 Å². The molecule has 0 spiro atoms. The number of hydrogen-bond acceptors (Lipinski definition) is 5. The summed E-state index contributed by atoms with van der Waals surface area (Å²) in [4.78, 5) is 8.38. The maximum Gasteiger partial charge on any atom is 0.243 e. The van der Waals surface area contributed by atoms with Crippen LogP contribution in [-0.4, -0.2) is 17.1 Å². The summed E-state index contributed by atoms with van der Waals surface area (Å²) in [7, 11) is 1.56. The second kappa shape index (κ2) is 4.49. The number of hydrogen-bond donors (Lipinski definition) is 1. The Kier molecular flexibility index (Phi) is 3.05. The molecule has 1 atom stereocenters. The second-order valence-electron chi connectivity index (χ2n) is 3.61. The molecule has 0 aliphatic rings. The standard InChI is InChI=1S/C11H15N3O2/c1-3-4-7(12)10-14-9-8(16-10)5-6-13-11(9)15-2/h5-7H,3-4,12H2,1-2H3. The molecule has 16 heavy (non-hydrogen) atoms. The molecule has 2 N–H and O–H groups in total. The summed E-state index contributed by atoms with van der Waals surface area (Å²) in [5.74, 6) is 1.01. The molecular weight excluding hydrogens is 206 g/mol. The zero-order valence-electron chi connectivity index (χ0n) is 9.43. The van der Waals surface area contributed by atoms with Crippen molar-refractivity contribution in [3.8, 4) is 5.88 Å². The molecular formula is C11H15N3O2. The average molecular weight is 221 g/mol. The first-order chi connectivity index (χ1) is 7.76. The molecule has 0 fully saturated rings. The number of fused-ring (bicyclic) bond motifs is 1. The van der Waals surface area contributed by atoms with Crippen molar-refractivity contribution in [3.63, 3.8) is 0 Å². The fraction of sp³-hybridized carbons (Fsp3) is 0.455. The largest absolute Gasteiger partial charge is 0.479 e. The van der Waals surface area contributed by atoms with Crippen molar-refractivity contribution >= 4 is 11.1 Å². The van der Waals surface area contributed by atoms with E-state index in [1.165, 1.54) is 0 Å². The lowest BCUT2D eigenvalue weighted by Gasteiger charge is -2.03. The van der Waals surface area contributed by atoms with Crippen LogP contribution in [-0.2, 0) is 0 Å². The van der Waals surface area contributed by atoms with Gasteiger partial charge in [0.05, 0.1) is 13.2 Å². The van der Waals surface area contributed by atoms with Gasteiger partial charge in [0.1, 0.15) is 0 Å². The Labute approximate surface area is 93.6 Å². The Hall–Kier alpha value is -1.62. The summed E-state index contributed by atoms with van der Waals surface area (Å²) >= 11 is 0. The molecule has 0 saturated heterocycles. The molecule has 0 aromatic carbocycles. The SMILES string of the molecule is CCCC(N)c1nc2c(OC)nccc2o1. The highest BCUT2D eigenvalue weighted by Gasteiger charge is 2.15. The van der Waals surface area contributed by atoms with E-state index in [0.29, 0.717) is 22.9 Å². The molecule has 0 saturated carbocycles. The normalized spacial score (nSPS) is 12.9. The molecule has 0 bridgehead atoms. The van der Waals surface area contributed by atoms with Crippen LogP contribution in [0.4, 0.5) is 0 Å². The van der Waals surface area contributed by atoms with E-state index >= 15 is 0 Å².